The van der Waals surface area contributed by atoms with Gasteiger partial charge < -0.3 is 42.1 Å². The van der Waals surface area contributed by atoms with E-state index in [2.05, 4.69) is 17.9 Å². The van der Waals surface area contributed by atoms with Crippen LogP contribution in [0.4, 0.5) is 0 Å². The standard InChI is InChI=1S/C13H22N4O9S/c14-5(4-27)10(22)16-7(2-18)12(24)15-6(1-9(20)21)11(23)17-8(3-19)13(25)26/h5-8,18-19,27H,1-4,14H2,(H,15,24)(H,16,22)(H,17,23)(H,20,21)(H,25,26). The van der Waals surface area contributed by atoms with E-state index in [1.165, 1.54) is 0 Å². The number of hydrogen-bond donors (Lipinski definition) is 9. The monoisotopic (exact) mass is 410 g/mol. The molecule has 0 aromatic carbocycles. The first kappa shape index (κ1) is 24.6. The molecule has 0 aliphatic heterocycles. The highest BCUT2D eigenvalue weighted by molar-refractivity contribution is 7.80. The van der Waals surface area contributed by atoms with Crippen LogP contribution in [0, 0.1) is 0 Å². The number of rotatable bonds is 12. The molecule has 0 saturated heterocycles. The Morgan fingerprint density at radius 2 is 1.26 bits per heavy atom. The maximum absolute atomic E-state index is 12.1. The van der Waals surface area contributed by atoms with E-state index in [1.54, 1.807) is 0 Å². The number of nitrogens with one attached hydrogen (secondary N) is 3. The van der Waals surface area contributed by atoms with Gasteiger partial charge in [-0.1, -0.05) is 0 Å². The number of thiol groups is 1. The van der Waals surface area contributed by atoms with Crippen LogP contribution in [0.2, 0.25) is 0 Å². The van der Waals surface area contributed by atoms with Crippen molar-refractivity contribution in [2.45, 2.75) is 30.6 Å². The lowest BCUT2D eigenvalue weighted by atomic mass is 10.1. The van der Waals surface area contributed by atoms with Crippen LogP contribution in [0.5, 0.6) is 0 Å². The Hall–Kier alpha value is -2.42. The van der Waals surface area contributed by atoms with Gasteiger partial charge in [0.05, 0.1) is 25.7 Å². The van der Waals surface area contributed by atoms with Gasteiger partial charge in [0.25, 0.3) is 0 Å². The van der Waals surface area contributed by atoms with Crippen molar-refractivity contribution >= 4 is 42.3 Å². The highest BCUT2D eigenvalue weighted by Crippen LogP contribution is 1.98. The van der Waals surface area contributed by atoms with E-state index in [-0.39, 0.29) is 5.75 Å². The highest BCUT2D eigenvalue weighted by Gasteiger charge is 2.31. The summed E-state index contributed by atoms with van der Waals surface area (Å²) in [4.78, 5) is 57.5. The van der Waals surface area contributed by atoms with Crippen LogP contribution < -0.4 is 21.7 Å². The number of carboxylic acid groups (broad SMARTS) is 2. The molecule has 13 nitrogen and oxygen atoms in total. The molecule has 0 bridgehead atoms. The maximum atomic E-state index is 12.1. The average molecular weight is 410 g/mol. The third kappa shape index (κ3) is 8.67. The van der Waals surface area contributed by atoms with Crippen LogP contribution in [0.15, 0.2) is 0 Å². The quantitative estimate of drug-likeness (QED) is 0.139. The fraction of sp³-hybridized carbons (Fsp3) is 0.615. The van der Waals surface area contributed by atoms with Gasteiger partial charge in [0, 0.05) is 5.75 Å². The molecule has 0 fully saturated rings. The van der Waals surface area contributed by atoms with Crippen molar-refractivity contribution in [3.05, 3.63) is 0 Å². The van der Waals surface area contributed by atoms with Gasteiger partial charge in [0.15, 0.2) is 0 Å². The van der Waals surface area contributed by atoms with Crippen molar-refractivity contribution in [1.29, 1.82) is 0 Å². The minimum absolute atomic E-state index is 0.0482. The highest BCUT2D eigenvalue weighted by atomic mass is 32.1. The number of hydrogen-bond acceptors (Lipinski definition) is 9. The number of amides is 3. The molecule has 9 N–H and O–H groups in total. The van der Waals surface area contributed by atoms with Gasteiger partial charge in [0.1, 0.15) is 18.1 Å². The molecular weight excluding hydrogens is 388 g/mol. The molecule has 3 amide bonds. The van der Waals surface area contributed by atoms with Crippen LogP contribution >= 0.6 is 12.6 Å². The first-order chi connectivity index (χ1) is 12.6. The summed E-state index contributed by atoms with van der Waals surface area (Å²) >= 11 is 3.80. The minimum Gasteiger partial charge on any atom is -0.481 e. The number of carbonyl (C=O) groups is 5. The van der Waals surface area contributed by atoms with E-state index in [4.69, 9.17) is 21.1 Å². The van der Waals surface area contributed by atoms with Gasteiger partial charge in [0.2, 0.25) is 17.7 Å². The van der Waals surface area contributed by atoms with Crippen LogP contribution in [-0.2, 0) is 24.0 Å². The molecule has 27 heavy (non-hydrogen) atoms. The number of carboxylic acids is 2. The Kier molecular flexibility index (Phi) is 11.0. The first-order valence-corrected chi connectivity index (χ1v) is 8.14. The summed E-state index contributed by atoms with van der Waals surface area (Å²) in [5.41, 5.74) is 5.41. The Labute approximate surface area is 158 Å². The molecule has 0 spiro atoms. The zero-order valence-corrected chi connectivity index (χ0v) is 14.9. The molecule has 0 heterocycles. The molecule has 0 rings (SSSR count). The van der Waals surface area contributed by atoms with Crippen LogP contribution in [0.3, 0.4) is 0 Å². The molecule has 0 aromatic rings. The molecule has 0 saturated carbocycles. The van der Waals surface area contributed by atoms with Crippen molar-refractivity contribution in [2.24, 2.45) is 5.73 Å². The smallest absolute Gasteiger partial charge is 0.328 e. The van der Waals surface area contributed by atoms with E-state index in [1.807, 2.05) is 10.6 Å². The SMILES string of the molecule is NC(CS)C(=O)NC(CO)C(=O)NC(CC(=O)O)C(=O)NC(CO)C(=O)O. The van der Waals surface area contributed by atoms with Crippen molar-refractivity contribution < 1.29 is 44.4 Å². The lowest BCUT2D eigenvalue weighted by molar-refractivity contribution is -0.144. The zero-order chi connectivity index (χ0) is 21.1. The summed E-state index contributed by atoms with van der Waals surface area (Å²) in [5.74, 6) is -6.23. The number of aliphatic carboxylic acids is 2. The lowest BCUT2D eigenvalue weighted by Gasteiger charge is -2.23. The second-order valence-electron chi connectivity index (χ2n) is 5.27. The van der Waals surface area contributed by atoms with Gasteiger partial charge in [-0.2, -0.15) is 12.6 Å². The second-order valence-corrected chi connectivity index (χ2v) is 5.64. The molecule has 154 valence electrons. The molecule has 0 aliphatic rings. The normalized spacial score (nSPS) is 15.0. The lowest BCUT2D eigenvalue weighted by Crippen LogP contribution is -2.58. The number of carbonyl (C=O) groups excluding carboxylic acids is 3. The Balaban J connectivity index is 5.16. The van der Waals surface area contributed by atoms with Crippen LogP contribution in [0.25, 0.3) is 0 Å². The summed E-state index contributed by atoms with van der Waals surface area (Å²) < 4.78 is 0. The van der Waals surface area contributed by atoms with E-state index in [0.29, 0.717) is 0 Å². The Morgan fingerprint density at radius 3 is 1.67 bits per heavy atom. The number of aliphatic hydroxyl groups excluding tert-OH is 2. The van der Waals surface area contributed by atoms with Crippen molar-refractivity contribution in [3.63, 3.8) is 0 Å². The minimum atomic E-state index is -1.73. The summed E-state index contributed by atoms with van der Waals surface area (Å²) in [7, 11) is 0. The molecule has 0 aliphatic carbocycles. The second kappa shape index (κ2) is 12.1. The largest absolute Gasteiger partial charge is 0.481 e. The van der Waals surface area contributed by atoms with Gasteiger partial charge in [-0.15, -0.1) is 0 Å². The van der Waals surface area contributed by atoms with E-state index < -0.39 is 73.5 Å². The van der Waals surface area contributed by atoms with Gasteiger partial charge >= 0.3 is 11.9 Å². The molecule has 0 aromatic heterocycles. The topological polar surface area (TPSA) is 228 Å². The van der Waals surface area contributed by atoms with E-state index >= 15 is 0 Å². The summed E-state index contributed by atoms with van der Waals surface area (Å²) in [5, 5.41) is 41.7. The first-order valence-electron chi connectivity index (χ1n) is 7.51. The summed E-state index contributed by atoms with van der Waals surface area (Å²) in [6.07, 6.45) is -0.919. The molecular formula is C13H22N4O9S. The predicted molar refractivity (Wildman–Crippen MR) is 91.7 cm³/mol. The fourth-order valence-electron chi connectivity index (χ4n) is 1.67. The fourth-order valence-corrected chi connectivity index (χ4v) is 1.84. The Bertz CT molecular complexity index is 574. The van der Waals surface area contributed by atoms with Crippen LogP contribution in [0.1, 0.15) is 6.42 Å². The van der Waals surface area contributed by atoms with Gasteiger partial charge in [-0.05, 0) is 0 Å². The van der Waals surface area contributed by atoms with E-state index in [0.717, 1.165) is 0 Å². The summed E-state index contributed by atoms with van der Waals surface area (Å²) in [6, 6.07) is -6.06. The van der Waals surface area contributed by atoms with Gasteiger partial charge in [-0.25, -0.2) is 4.79 Å². The molecule has 4 unspecified atom stereocenters. The average Bonchev–Trinajstić information content (AvgIpc) is 2.61. The maximum Gasteiger partial charge on any atom is 0.328 e. The van der Waals surface area contributed by atoms with Crippen LogP contribution in [-0.4, -0.2) is 93.2 Å². The third-order valence-corrected chi connectivity index (χ3v) is 3.55. The van der Waals surface area contributed by atoms with Gasteiger partial charge in [-0.3, -0.25) is 19.2 Å². The number of aliphatic hydroxyl groups is 2. The zero-order valence-electron chi connectivity index (χ0n) is 14.0. The summed E-state index contributed by atoms with van der Waals surface area (Å²) in [6.45, 7) is -1.85. The third-order valence-electron chi connectivity index (χ3n) is 3.16. The van der Waals surface area contributed by atoms with Crippen molar-refractivity contribution in [1.82, 2.24) is 16.0 Å². The van der Waals surface area contributed by atoms with Crippen molar-refractivity contribution in [2.75, 3.05) is 19.0 Å². The van der Waals surface area contributed by atoms with E-state index in [9.17, 15) is 29.1 Å². The van der Waals surface area contributed by atoms with Crippen molar-refractivity contribution in [3.8, 4) is 0 Å². The molecule has 4 atom stereocenters. The molecule has 0 radical (unpaired) electrons. The predicted octanol–water partition coefficient (Wildman–Crippen LogP) is -4.76. The molecule has 14 heteroatoms. The Morgan fingerprint density at radius 1 is 0.815 bits per heavy atom. The number of nitrogens with two attached hydrogens (primary N) is 1.